The van der Waals surface area contributed by atoms with Crippen molar-refractivity contribution in [2.75, 3.05) is 20.3 Å². The van der Waals surface area contributed by atoms with Gasteiger partial charge in [-0.15, -0.1) is 0 Å². The van der Waals surface area contributed by atoms with Crippen LogP contribution in [0.3, 0.4) is 0 Å². The third-order valence-corrected chi connectivity index (χ3v) is 4.62. The van der Waals surface area contributed by atoms with E-state index in [1.54, 1.807) is 13.3 Å². The molecule has 0 bridgehead atoms. The second kappa shape index (κ2) is 8.62. The fraction of sp³-hybridized carbons (Fsp3) is 0.400. The summed E-state index contributed by atoms with van der Waals surface area (Å²) >= 11 is 0. The molecular formula is C20H24N2O3. The number of ether oxygens (including phenoxy) is 2. The molecule has 5 heteroatoms. The number of pyridine rings is 1. The van der Waals surface area contributed by atoms with E-state index < -0.39 is 0 Å². The number of methoxy groups -OCH3 is 1. The molecule has 0 saturated carbocycles. The summed E-state index contributed by atoms with van der Waals surface area (Å²) < 4.78 is 10.6. The van der Waals surface area contributed by atoms with Crippen LogP contribution >= 0.6 is 0 Å². The summed E-state index contributed by atoms with van der Waals surface area (Å²) in [7, 11) is 1.63. The Bertz CT molecular complexity index is 667. The number of hydrogen-bond acceptors (Lipinski definition) is 4. The quantitative estimate of drug-likeness (QED) is 0.878. The lowest BCUT2D eigenvalue weighted by molar-refractivity contribution is -0.121. The van der Waals surface area contributed by atoms with E-state index in [1.165, 1.54) is 0 Å². The SMILES string of the molecule is COc1ccc(CC(=O)NC(c2cccnc2)C2CCOCC2)cc1. The summed E-state index contributed by atoms with van der Waals surface area (Å²) in [6.45, 7) is 1.49. The number of nitrogens with one attached hydrogen (secondary N) is 1. The van der Waals surface area contributed by atoms with Crippen molar-refractivity contribution in [1.82, 2.24) is 10.3 Å². The zero-order chi connectivity index (χ0) is 17.5. The molecule has 3 rings (SSSR count). The number of hydrogen-bond donors (Lipinski definition) is 1. The van der Waals surface area contributed by atoms with Gasteiger partial charge in [0.15, 0.2) is 0 Å². The molecule has 0 radical (unpaired) electrons. The number of amides is 1. The van der Waals surface area contributed by atoms with E-state index in [0.29, 0.717) is 12.3 Å². The van der Waals surface area contributed by atoms with Gasteiger partial charge in [-0.3, -0.25) is 9.78 Å². The Balaban J connectivity index is 1.69. The first-order valence-corrected chi connectivity index (χ1v) is 8.66. The molecule has 0 aliphatic carbocycles. The summed E-state index contributed by atoms with van der Waals surface area (Å²) in [4.78, 5) is 16.8. The van der Waals surface area contributed by atoms with Gasteiger partial charge in [0, 0.05) is 25.6 Å². The van der Waals surface area contributed by atoms with Crippen LogP contribution in [0, 0.1) is 5.92 Å². The predicted octanol–water partition coefficient (Wildman–Crippen LogP) is 2.92. The summed E-state index contributed by atoms with van der Waals surface area (Å²) in [6, 6.07) is 11.5. The van der Waals surface area contributed by atoms with E-state index in [-0.39, 0.29) is 11.9 Å². The minimum Gasteiger partial charge on any atom is -0.497 e. The van der Waals surface area contributed by atoms with Gasteiger partial charge in [0.2, 0.25) is 5.91 Å². The van der Waals surface area contributed by atoms with Crippen LogP contribution in [0.4, 0.5) is 0 Å². The minimum absolute atomic E-state index is 0.0190. The predicted molar refractivity (Wildman–Crippen MR) is 95.4 cm³/mol. The Morgan fingerprint density at radius 1 is 1.28 bits per heavy atom. The largest absolute Gasteiger partial charge is 0.497 e. The highest BCUT2D eigenvalue weighted by Gasteiger charge is 2.27. The molecule has 5 nitrogen and oxygen atoms in total. The molecule has 1 N–H and O–H groups in total. The first kappa shape index (κ1) is 17.4. The maximum absolute atomic E-state index is 12.6. The number of carbonyl (C=O) groups is 1. The Labute approximate surface area is 148 Å². The van der Waals surface area contributed by atoms with Crippen LogP contribution in [-0.4, -0.2) is 31.2 Å². The summed E-state index contributed by atoms with van der Waals surface area (Å²) in [5, 5.41) is 3.21. The van der Waals surface area contributed by atoms with Gasteiger partial charge in [0.05, 0.1) is 19.6 Å². The Kier molecular flexibility index (Phi) is 6.01. The zero-order valence-corrected chi connectivity index (χ0v) is 14.5. The molecule has 1 amide bonds. The molecule has 132 valence electrons. The van der Waals surface area contributed by atoms with E-state index in [9.17, 15) is 4.79 Å². The van der Waals surface area contributed by atoms with Crippen molar-refractivity contribution in [3.63, 3.8) is 0 Å². The topological polar surface area (TPSA) is 60.5 Å². The standard InChI is InChI=1S/C20H24N2O3/c1-24-18-6-4-15(5-7-18)13-19(23)22-20(16-8-11-25-12-9-16)17-3-2-10-21-14-17/h2-7,10,14,16,20H,8-9,11-13H2,1H3,(H,22,23). The molecule has 1 aromatic carbocycles. The fourth-order valence-electron chi connectivity index (χ4n) is 3.24. The van der Waals surface area contributed by atoms with Crippen molar-refractivity contribution in [3.8, 4) is 5.75 Å². The van der Waals surface area contributed by atoms with Crippen LogP contribution in [0.5, 0.6) is 5.75 Å². The Hall–Kier alpha value is -2.40. The number of rotatable bonds is 6. The molecule has 25 heavy (non-hydrogen) atoms. The van der Waals surface area contributed by atoms with Gasteiger partial charge < -0.3 is 14.8 Å². The summed E-state index contributed by atoms with van der Waals surface area (Å²) in [6.07, 6.45) is 5.84. The van der Waals surface area contributed by atoms with E-state index in [1.807, 2.05) is 42.6 Å². The highest BCUT2D eigenvalue weighted by Crippen LogP contribution is 2.29. The average Bonchev–Trinajstić information content (AvgIpc) is 2.68. The van der Waals surface area contributed by atoms with Crippen LogP contribution in [0.25, 0.3) is 0 Å². The van der Waals surface area contributed by atoms with Crippen LogP contribution < -0.4 is 10.1 Å². The van der Waals surface area contributed by atoms with Crippen LogP contribution in [0.15, 0.2) is 48.8 Å². The maximum atomic E-state index is 12.6. The van der Waals surface area contributed by atoms with Gasteiger partial charge in [0.25, 0.3) is 0 Å². The van der Waals surface area contributed by atoms with Crippen LogP contribution in [-0.2, 0) is 16.0 Å². The van der Waals surface area contributed by atoms with Crippen molar-refractivity contribution in [1.29, 1.82) is 0 Å². The van der Waals surface area contributed by atoms with Gasteiger partial charge in [-0.25, -0.2) is 0 Å². The Morgan fingerprint density at radius 3 is 2.68 bits per heavy atom. The second-order valence-electron chi connectivity index (χ2n) is 6.31. The molecule has 1 aromatic heterocycles. The lowest BCUT2D eigenvalue weighted by Gasteiger charge is -2.31. The van der Waals surface area contributed by atoms with Crippen LogP contribution in [0.2, 0.25) is 0 Å². The number of carbonyl (C=O) groups excluding carboxylic acids is 1. The van der Waals surface area contributed by atoms with Crippen LogP contribution in [0.1, 0.15) is 30.0 Å². The Morgan fingerprint density at radius 2 is 2.04 bits per heavy atom. The molecule has 1 saturated heterocycles. The molecule has 2 heterocycles. The van der Waals surface area contributed by atoms with E-state index >= 15 is 0 Å². The van der Waals surface area contributed by atoms with Crippen molar-refractivity contribution in [3.05, 3.63) is 59.9 Å². The van der Waals surface area contributed by atoms with Gasteiger partial charge in [-0.05, 0) is 48.1 Å². The first-order valence-electron chi connectivity index (χ1n) is 8.66. The number of benzene rings is 1. The second-order valence-corrected chi connectivity index (χ2v) is 6.31. The summed E-state index contributed by atoms with van der Waals surface area (Å²) in [5.74, 6) is 1.18. The molecule has 1 fully saturated rings. The number of nitrogens with zero attached hydrogens (tertiary/aromatic N) is 1. The zero-order valence-electron chi connectivity index (χ0n) is 14.5. The van der Waals surface area contributed by atoms with Gasteiger partial charge in [0.1, 0.15) is 5.75 Å². The normalized spacial score (nSPS) is 16.2. The molecule has 2 aromatic rings. The molecule has 0 spiro atoms. The highest BCUT2D eigenvalue weighted by atomic mass is 16.5. The van der Waals surface area contributed by atoms with Crippen molar-refractivity contribution in [2.24, 2.45) is 5.92 Å². The molecule has 1 aliphatic rings. The monoisotopic (exact) mass is 340 g/mol. The lowest BCUT2D eigenvalue weighted by atomic mass is 9.87. The molecular weight excluding hydrogens is 316 g/mol. The van der Waals surface area contributed by atoms with Gasteiger partial charge in [-0.1, -0.05) is 18.2 Å². The van der Waals surface area contributed by atoms with Crippen molar-refractivity contribution in [2.45, 2.75) is 25.3 Å². The van der Waals surface area contributed by atoms with E-state index in [2.05, 4.69) is 10.3 Å². The van der Waals surface area contributed by atoms with E-state index in [0.717, 1.165) is 42.9 Å². The van der Waals surface area contributed by atoms with E-state index in [4.69, 9.17) is 9.47 Å². The number of aromatic nitrogens is 1. The fourth-order valence-corrected chi connectivity index (χ4v) is 3.24. The third-order valence-electron chi connectivity index (χ3n) is 4.62. The summed E-state index contributed by atoms with van der Waals surface area (Å²) in [5.41, 5.74) is 2.02. The molecule has 1 unspecified atom stereocenters. The first-order chi connectivity index (χ1) is 12.3. The third kappa shape index (κ3) is 4.79. The average molecular weight is 340 g/mol. The molecule has 1 atom stereocenters. The van der Waals surface area contributed by atoms with Crippen molar-refractivity contribution >= 4 is 5.91 Å². The van der Waals surface area contributed by atoms with Gasteiger partial charge >= 0.3 is 0 Å². The maximum Gasteiger partial charge on any atom is 0.224 e. The smallest absolute Gasteiger partial charge is 0.224 e. The highest BCUT2D eigenvalue weighted by molar-refractivity contribution is 5.79. The molecule has 1 aliphatic heterocycles. The minimum atomic E-state index is -0.0247. The van der Waals surface area contributed by atoms with Crippen molar-refractivity contribution < 1.29 is 14.3 Å². The lowest BCUT2D eigenvalue weighted by Crippen LogP contribution is -2.36. The van der Waals surface area contributed by atoms with Gasteiger partial charge in [-0.2, -0.15) is 0 Å².